The van der Waals surface area contributed by atoms with Gasteiger partial charge in [-0.25, -0.2) is 0 Å². The van der Waals surface area contributed by atoms with Crippen LogP contribution in [-0.2, 0) is 21.9 Å². The smallest absolute Gasteiger partial charge is 0.242 e. The molecule has 174 valence electrons. The molecule has 1 N–H and O–H groups in total. The molecule has 0 radical (unpaired) electrons. The molecule has 0 heterocycles. The van der Waals surface area contributed by atoms with Crippen molar-refractivity contribution in [3.8, 4) is 0 Å². The van der Waals surface area contributed by atoms with Crippen molar-refractivity contribution in [2.45, 2.75) is 45.0 Å². The van der Waals surface area contributed by atoms with Gasteiger partial charge in [0.05, 0.1) is 5.75 Å². The minimum Gasteiger partial charge on any atom is -0.354 e. The van der Waals surface area contributed by atoms with E-state index in [1.807, 2.05) is 0 Å². The molecule has 2 aromatic rings. The zero-order valence-electron chi connectivity index (χ0n) is 18.0. The van der Waals surface area contributed by atoms with Crippen LogP contribution >= 0.6 is 58.2 Å². The Balaban J connectivity index is 2.12. The van der Waals surface area contributed by atoms with Gasteiger partial charge in [0.15, 0.2) is 0 Å². The molecule has 0 unspecified atom stereocenters. The van der Waals surface area contributed by atoms with Crippen molar-refractivity contribution in [1.82, 2.24) is 10.2 Å². The zero-order chi connectivity index (χ0) is 23.7. The van der Waals surface area contributed by atoms with Gasteiger partial charge in [0.2, 0.25) is 11.8 Å². The summed E-state index contributed by atoms with van der Waals surface area (Å²) in [6.07, 6.45) is 1.85. The number of thioether (sulfide) groups is 1. The standard InChI is InChI=1S/C23H26Cl4N2O2S/c1-3-4-10-28-23(31)15(2)29(12-16-8-9-17(24)11-21(16)27)22(30)14-32-13-18-19(25)6-5-7-20(18)26/h5-9,11,15H,3-4,10,12-14H2,1-2H3,(H,28,31)/t15-/m0/s1. The number of benzene rings is 2. The van der Waals surface area contributed by atoms with Crippen LogP contribution in [0.2, 0.25) is 20.1 Å². The van der Waals surface area contributed by atoms with E-state index in [1.54, 1.807) is 43.3 Å². The molecule has 0 aliphatic heterocycles. The lowest BCUT2D eigenvalue weighted by Crippen LogP contribution is -2.48. The Hall–Kier alpha value is -1.11. The average molecular weight is 536 g/mol. The van der Waals surface area contributed by atoms with Crippen molar-refractivity contribution in [3.05, 3.63) is 67.6 Å². The molecule has 9 heteroatoms. The van der Waals surface area contributed by atoms with Crippen LogP contribution in [0, 0.1) is 0 Å². The number of halogens is 4. The SMILES string of the molecule is CCCCNC(=O)[C@H](C)N(Cc1ccc(Cl)cc1Cl)C(=O)CSCc1c(Cl)cccc1Cl. The van der Waals surface area contributed by atoms with Gasteiger partial charge in [0.1, 0.15) is 6.04 Å². The second kappa shape index (κ2) is 13.6. The lowest BCUT2D eigenvalue weighted by atomic mass is 10.1. The van der Waals surface area contributed by atoms with E-state index in [-0.39, 0.29) is 24.1 Å². The summed E-state index contributed by atoms with van der Waals surface area (Å²) in [5.41, 5.74) is 1.50. The summed E-state index contributed by atoms with van der Waals surface area (Å²) >= 11 is 26.2. The molecule has 2 amide bonds. The molecule has 0 saturated carbocycles. The third-order valence-corrected chi connectivity index (χ3v) is 7.13. The Morgan fingerprint density at radius 3 is 2.38 bits per heavy atom. The first kappa shape index (κ1) is 27.1. The second-order valence-electron chi connectivity index (χ2n) is 7.27. The molecule has 0 aliphatic rings. The van der Waals surface area contributed by atoms with Gasteiger partial charge in [0.25, 0.3) is 0 Å². The molecule has 0 spiro atoms. The summed E-state index contributed by atoms with van der Waals surface area (Å²) in [5.74, 6) is 0.273. The summed E-state index contributed by atoms with van der Waals surface area (Å²) in [4.78, 5) is 27.4. The summed E-state index contributed by atoms with van der Waals surface area (Å²) in [7, 11) is 0. The summed E-state index contributed by atoms with van der Waals surface area (Å²) in [6, 6.07) is 9.76. The Labute approximate surface area is 213 Å². The van der Waals surface area contributed by atoms with Crippen LogP contribution in [0.3, 0.4) is 0 Å². The topological polar surface area (TPSA) is 49.4 Å². The maximum Gasteiger partial charge on any atom is 0.242 e. The highest BCUT2D eigenvalue weighted by molar-refractivity contribution is 7.99. The zero-order valence-corrected chi connectivity index (χ0v) is 21.8. The quantitative estimate of drug-likeness (QED) is 0.319. The number of carbonyl (C=O) groups excluding carboxylic acids is 2. The number of rotatable bonds is 11. The van der Waals surface area contributed by atoms with Crippen molar-refractivity contribution in [2.24, 2.45) is 0 Å². The van der Waals surface area contributed by atoms with Crippen LogP contribution in [0.4, 0.5) is 0 Å². The van der Waals surface area contributed by atoms with Crippen LogP contribution in [0.1, 0.15) is 37.8 Å². The Kier molecular flexibility index (Phi) is 11.5. The minimum absolute atomic E-state index is 0.166. The van der Waals surface area contributed by atoms with Crippen molar-refractivity contribution in [2.75, 3.05) is 12.3 Å². The summed E-state index contributed by atoms with van der Waals surface area (Å²) in [5, 5.41) is 4.98. The first-order valence-corrected chi connectivity index (χ1v) is 12.9. The van der Waals surface area contributed by atoms with Crippen LogP contribution in [-0.4, -0.2) is 35.1 Å². The fourth-order valence-corrected chi connectivity index (χ4v) is 5.06. The third kappa shape index (κ3) is 8.03. The van der Waals surface area contributed by atoms with Crippen molar-refractivity contribution < 1.29 is 9.59 Å². The van der Waals surface area contributed by atoms with Crippen molar-refractivity contribution >= 4 is 70.0 Å². The van der Waals surface area contributed by atoms with Crippen LogP contribution in [0.5, 0.6) is 0 Å². The second-order valence-corrected chi connectivity index (χ2v) is 9.91. The van der Waals surface area contributed by atoms with Crippen molar-refractivity contribution in [1.29, 1.82) is 0 Å². The molecule has 1 atom stereocenters. The first-order valence-electron chi connectivity index (χ1n) is 10.3. The molecule has 0 aliphatic carbocycles. The molecule has 2 aromatic carbocycles. The lowest BCUT2D eigenvalue weighted by molar-refractivity contribution is -0.138. The molecule has 0 aromatic heterocycles. The summed E-state index contributed by atoms with van der Waals surface area (Å²) < 4.78 is 0. The van der Waals surface area contributed by atoms with Gasteiger partial charge in [-0.1, -0.05) is 71.9 Å². The van der Waals surface area contributed by atoms with Crippen molar-refractivity contribution in [3.63, 3.8) is 0 Å². The molecule has 4 nitrogen and oxygen atoms in total. The Morgan fingerprint density at radius 1 is 1.06 bits per heavy atom. The molecule has 32 heavy (non-hydrogen) atoms. The van der Waals surface area contributed by atoms with E-state index in [1.165, 1.54) is 16.7 Å². The lowest BCUT2D eigenvalue weighted by Gasteiger charge is -2.29. The highest BCUT2D eigenvalue weighted by Crippen LogP contribution is 2.29. The van der Waals surface area contributed by atoms with Gasteiger partial charge in [-0.05, 0) is 48.7 Å². The van der Waals surface area contributed by atoms with E-state index in [9.17, 15) is 9.59 Å². The van der Waals surface area contributed by atoms with Gasteiger partial charge in [-0.2, -0.15) is 0 Å². The highest BCUT2D eigenvalue weighted by Gasteiger charge is 2.26. The maximum absolute atomic E-state index is 13.2. The van der Waals surface area contributed by atoms with Crippen LogP contribution in [0.25, 0.3) is 0 Å². The minimum atomic E-state index is -0.657. The van der Waals surface area contributed by atoms with Gasteiger partial charge >= 0.3 is 0 Å². The van der Waals surface area contributed by atoms with E-state index >= 15 is 0 Å². The molecular weight excluding hydrogens is 510 g/mol. The highest BCUT2D eigenvalue weighted by atomic mass is 35.5. The third-order valence-electron chi connectivity index (χ3n) is 4.89. The number of hydrogen-bond acceptors (Lipinski definition) is 3. The predicted octanol–water partition coefficient (Wildman–Crippen LogP) is 6.87. The van der Waals surface area contributed by atoms with E-state index < -0.39 is 6.04 Å². The van der Waals surface area contributed by atoms with E-state index in [4.69, 9.17) is 46.4 Å². The van der Waals surface area contributed by atoms with Gasteiger partial charge in [-0.3, -0.25) is 9.59 Å². The molecule has 2 rings (SSSR count). The normalized spacial score (nSPS) is 11.8. The fraction of sp³-hybridized carbons (Fsp3) is 0.391. The fourth-order valence-electron chi connectivity index (χ4n) is 2.95. The first-order chi connectivity index (χ1) is 15.2. The predicted molar refractivity (Wildman–Crippen MR) is 137 cm³/mol. The number of nitrogens with zero attached hydrogens (tertiary/aromatic N) is 1. The monoisotopic (exact) mass is 534 g/mol. The van der Waals surface area contributed by atoms with E-state index in [2.05, 4.69) is 12.2 Å². The van der Waals surface area contributed by atoms with Crippen LogP contribution in [0.15, 0.2) is 36.4 Å². The average Bonchev–Trinajstić information content (AvgIpc) is 2.74. The number of nitrogens with one attached hydrogen (secondary N) is 1. The van der Waals surface area contributed by atoms with E-state index in [0.717, 1.165) is 24.0 Å². The number of carbonyl (C=O) groups is 2. The number of hydrogen-bond donors (Lipinski definition) is 1. The van der Waals surface area contributed by atoms with E-state index in [0.29, 0.717) is 32.4 Å². The Morgan fingerprint density at radius 2 is 1.75 bits per heavy atom. The van der Waals surface area contributed by atoms with Gasteiger partial charge < -0.3 is 10.2 Å². The molecular formula is C23H26Cl4N2O2S. The molecule has 0 fully saturated rings. The van der Waals surface area contributed by atoms with Gasteiger partial charge in [-0.15, -0.1) is 11.8 Å². The van der Waals surface area contributed by atoms with Crippen LogP contribution < -0.4 is 5.32 Å². The maximum atomic E-state index is 13.2. The molecule has 0 saturated heterocycles. The number of unbranched alkanes of at least 4 members (excludes halogenated alkanes) is 1. The van der Waals surface area contributed by atoms with Gasteiger partial charge in [0, 0.05) is 38.9 Å². The summed E-state index contributed by atoms with van der Waals surface area (Å²) in [6.45, 7) is 4.54. The number of amides is 2. The molecule has 0 bridgehead atoms. The largest absolute Gasteiger partial charge is 0.354 e. The Bertz CT molecular complexity index is 922.